The number of amides is 1. The molecule has 1 aromatic carbocycles. The van der Waals surface area contributed by atoms with Gasteiger partial charge in [-0.3, -0.25) is 4.79 Å². The molecule has 3 heteroatoms. The third-order valence-electron chi connectivity index (χ3n) is 3.46. The van der Waals surface area contributed by atoms with Gasteiger partial charge in [-0.05, 0) is 37.5 Å². The van der Waals surface area contributed by atoms with E-state index in [-0.39, 0.29) is 5.91 Å². The van der Waals surface area contributed by atoms with E-state index in [9.17, 15) is 4.79 Å². The average Bonchev–Trinajstić information content (AvgIpc) is 2.41. The highest BCUT2D eigenvalue weighted by molar-refractivity contribution is 5.90. The first kappa shape index (κ1) is 16.5. The van der Waals surface area contributed by atoms with E-state index in [2.05, 4.69) is 42.3 Å². The molecule has 0 saturated heterocycles. The van der Waals surface area contributed by atoms with Crippen molar-refractivity contribution >= 4 is 17.3 Å². The van der Waals surface area contributed by atoms with E-state index in [0.29, 0.717) is 0 Å². The molecule has 0 fully saturated rings. The van der Waals surface area contributed by atoms with E-state index in [0.717, 1.165) is 24.3 Å². The molecule has 20 heavy (non-hydrogen) atoms. The minimum absolute atomic E-state index is 0.0149. The van der Waals surface area contributed by atoms with Crippen LogP contribution in [-0.2, 0) is 4.79 Å². The van der Waals surface area contributed by atoms with Crippen LogP contribution in [0.1, 0.15) is 52.0 Å². The van der Waals surface area contributed by atoms with Crippen molar-refractivity contribution in [2.24, 2.45) is 0 Å². The lowest BCUT2D eigenvalue weighted by molar-refractivity contribution is -0.114. The van der Waals surface area contributed by atoms with Crippen LogP contribution >= 0.6 is 0 Å². The number of hydrogen-bond acceptors (Lipinski definition) is 2. The van der Waals surface area contributed by atoms with Gasteiger partial charge >= 0.3 is 0 Å². The minimum atomic E-state index is -0.0149. The number of aryl methyl sites for hydroxylation is 1. The molecular weight excluding hydrogens is 248 g/mol. The second kappa shape index (κ2) is 8.62. The number of anilines is 2. The summed E-state index contributed by atoms with van der Waals surface area (Å²) in [7, 11) is 0. The van der Waals surface area contributed by atoms with Crippen molar-refractivity contribution in [2.45, 2.75) is 53.4 Å². The number of nitrogens with zero attached hydrogens (tertiary/aromatic N) is 1. The SMILES string of the molecule is CCCCN(CCCC)c1ccc(C)c(NC(C)=O)c1. The fourth-order valence-electron chi connectivity index (χ4n) is 2.20. The predicted octanol–water partition coefficient (Wildman–Crippen LogP) is 4.36. The van der Waals surface area contributed by atoms with Crippen LogP contribution in [0.4, 0.5) is 11.4 Å². The largest absolute Gasteiger partial charge is 0.371 e. The van der Waals surface area contributed by atoms with Gasteiger partial charge in [0.05, 0.1) is 0 Å². The predicted molar refractivity (Wildman–Crippen MR) is 87.5 cm³/mol. The molecule has 0 spiro atoms. The van der Waals surface area contributed by atoms with E-state index in [1.54, 1.807) is 6.92 Å². The Morgan fingerprint density at radius 3 is 2.25 bits per heavy atom. The van der Waals surface area contributed by atoms with Gasteiger partial charge in [-0.2, -0.15) is 0 Å². The first-order chi connectivity index (χ1) is 9.58. The summed E-state index contributed by atoms with van der Waals surface area (Å²) in [4.78, 5) is 13.7. The van der Waals surface area contributed by atoms with Crippen molar-refractivity contribution in [3.8, 4) is 0 Å². The molecule has 1 rings (SSSR count). The molecule has 0 bridgehead atoms. The number of benzene rings is 1. The Morgan fingerprint density at radius 2 is 1.75 bits per heavy atom. The molecule has 0 radical (unpaired) electrons. The molecule has 0 unspecified atom stereocenters. The Morgan fingerprint density at radius 1 is 1.15 bits per heavy atom. The Balaban J connectivity index is 2.90. The van der Waals surface area contributed by atoms with Gasteiger partial charge in [-0.25, -0.2) is 0 Å². The molecule has 0 atom stereocenters. The van der Waals surface area contributed by atoms with E-state index in [1.807, 2.05) is 6.92 Å². The lowest BCUT2D eigenvalue weighted by Gasteiger charge is -2.25. The van der Waals surface area contributed by atoms with Crippen molar-refractivity contribution in [1.82, 2.24) is 0 Å². The first-order valence-corrected chi connectivity index (χ1v) is 7.71. The molecule has 1 aromatic rings. The van der Waals surface area contributed by atoms with Gasteiger partial charge in [-0.1, -0.05) is 32.8 Å². The summed E-state index contributed by atoms with van der Waals surface area (Å²) in [6.45, 7) is 10.2. The third-order valence-corrected chi connectivity index (χ3v) is 3.46. The van der Waals surface area contributed by atoms with Crippen LogP contribution in [0.2, 0.25) is 0 Å². The second-order valence-electron chi connectivity index (χ2n) is 5.37. The number of carbonyl (C=O) groups excluding carboxylic acids is 1. The molecule has 1 N–H and O–H groups in total. The van der Waals surface area contributed by atoms with Gasteiger partial charge in [0.2, 0.25) is 5.91 Å². The van der Waals surface area contributed by atoms with Gasteiger partial charge in [-0.15, -0.1) is 0 Å². The molecular formula is C17H28N2O. The fraction of sp³-hybridized carbons (Fsp3) is 0.588. The quantitative estimate of drug-likeness (QED) is 0.765. The molecule has 0 aliphatic carbocycles. The van der Waals surface area contributed by atoms with E-state index < -0.39 is 0 Å². The van der Waals surface area contributed by atoms with Gasteiger partial charge in [0.25, 0.3) is 0 Å². The zero-order valence-electron chi connectivity index (χ0n) is 13.3. The number of rotatable bonds is 8. The monoisotopic (exact) mass is 276 g/mol. The van der Waals surface area contributed by atoms with Crippen LogP contribution in [0.15, 0.2) is 18.2 Å². The molecule has 0 saturated carbocycles. The number of hydrogen-bond donors (Lipinski definition) is 1. The van der Waals surface area contributed by atoms with E-state index >= 15 is 0 Å². The maximum Gasteiger partial charge on any atom is 0.221 e. The topological polar surface area (TPSA) is 32.3 Å². The highest BCUT2D eigenvalue weighted by atomic mass is 16.1. The molecule has 0 aromatic heterocycles. The Kier molecular flexibility index (Phi) is 7.13. The number of carbonyl (C=O) groups is 1. The molecule has 3 nitrogen and oxygen atoms in total. The van der Waals surface area contributed by atoms with Gasteiger partial charge in [0, 0.05) is 31.4 Å². The molecule has 1 amide bonds. The highest BCUT2D eigenvalue weighted by Crippen LogP contribution is 2.24. The number of unbranched alkanes of at least 4 members (excludes halogenated alkanes) is 2. The van der Waals surface area contributed by atoms with Crippen molar-refractivity contribution < 1.29 is 4.79 Å². The fourth-order valence-corrected chi connectivity index (χ4v) is 2.20. The average molecular weight is 276 g/mol. The van der Waals surface area contributed by atoms with Crippen LogP contribution in [-0.4, -0.2) is 19.0 Å². The summed E-state index contributed by atoms with van der Waals surface area (Å²) in [6, 6.07) is 6.35. The zero-order chi connectivity index (χ0) is 15.0. The number of nitrogens with one attached hydrogen (secondary N) is 1. The van der Waals surface area contributed by atoms with Gasteiger partial charge in [0.15, 0.2) is 0 Å². The van der Waals surface area contributed by atoms with Crippen molar-refractivity contribution in [1.29, 1.82) is 0 Å². The van der Waals surface area contributed by atoms with Crippen molar-refractivity contribution in [2.75, 3.05) is 23.3 Å². The second-order valence-corrected chi connectivity index (χ2v) is 5.37. The summed E-state index contributed by atoms with van der Waals surface area (Å²) < 4.78 is 0. The Bertz CT molecular complexity index is 421. The molecule has 112 valence electrons. The van der Waals surface area contributed by atoms with Crippen LogP contribution in [0.25, 0.3) is 0 Å². The Labute approximate surface area is 123 Å². The van der Waals surface area contributed by atoms with Gasteiger partial charge in [0.1, 0.15) is 0 Å². The zero-order valence-corrected chi connectivity index (χ0v) is 13.3. The van der Waals surface area contributed by atoms with Crippen molar-refractivity contribution in [3.05, 3.63) is 23.8 Å². The van der Waals surface area contributed by atoms with Crippen LogP contribution in [0.3, 0.4) is 0 Å². The van der Waals surface area contributed by atoms with Crippen LogP contribution < -0.4 is 10.2 Å². The van der Waals surface area contributed by atoms with Gasteiger partial charge < -0.3 is 10.2 Å². The maximum absolute atomic E-state index is 11.3. The van der Waals surface area contributed by atoms with E-state index in [4.69, 9.17) is 0 Å². The Hall–Kier alpha value is -1.51. The summed E-state index contributed by atoms with van der Waals surface area (Å²) >= 11 is 0. The minimum Gasteiger partial charge on any atom is -0.371 e. The molecule has 0 aliphatic heterocycles. The first-order valence-electron chi connectivity index (χ1n) is 7.71. The normalized spacial score (nSPS) is 10.4. The lowest BCUT2D eigenvalue weighted by Crippen LogP contribution is -2.25. The smallest absolute Gasteiger partial charge is 0.221 e. The van der Waals surface area contributed by atoms with Crippen molar-refractivity contribution in [3.63, 3.8) is 0 Å². The highest BCUT2D eigenvalue weighted by Gasteiger charge is 2.08. The molecule has 0 aliphatic rings. The lowest BCUT2D eigenvalue weighted by atomic mass is 10.1. The standard InChI is InChI=1S/C17H28N2O/c1-5-7-11-19(12-8-6-2)16-10-9-14(3)17(13-16)18-15(4)20/h9-10,13H,5-8,11-12H2,1-4H3,(H,18,20). The summed E-state index contributed by atoms with van der Waals surface area (Å²) in [6.07, 6.45) is 4.81. The van der Waals surface area contributed by atoms with Crippen LogP contribution in [0, 0.1) is 6.92 Å². The molecule has 0 heterocycles. The summed E-state index contributed by atoms with van der Waals surface area (Å²) in [5, 5.41) is 2.91. The third kappa shape index (κ3) is 5.24. The summed E-state index contributed by atoms with van der Waals surface area (Å²) in [5.74, 6) is -0.0149. The summed E-state index contributed by atoms with van der Waals surface area (Å²) in [5.41, 5.74) is 3.24. The maximum atomic E-state index is 11.3. The van der Waals surface area contributed by atoms with E-state index in [1.165, 1.54) is 31.4 Å². The van der Waals surface area contributed by atoms with Crippen LogP contribution in [0.5, 0.6) is 0 Å².